The minimum atomic E-state index is -0.872. The van der Waals surface area contributed by atoms with Crippen molar-refractivity contribution in [1.82, 2.24) is 0 Å². The molecule has 0 saturated carbocycles. The number of carbonyl (C=O) groups excluding carboxylic acids is 1. The predicted octanol–water partition coefficient (Wildman–Crippen LogP) is 3.51. The minimum Gasteiger partial charge on any atom is -0.481 e. The Bertz CT molecular complexity index is 794. The Labute approximate surface area is 143 Å². The van der Waals surface area contributed by atoms with Gasteiger partial charge in [0.25, 0.3) is 0 Å². The number of carboxylic acid groups (broad SMARTS) is 1. The van der Waals surface area contributed by atoms with Crippen LogP contribution < -0.4 is 0 Å². The predicted molar refractivity (Wildman–Crippen MR) is 89.0 cm³/mol. The third-order valence-electron chi connectivity index (χ3n) is 3.12. The topological polar surface area (TPSA) is 87.4 Å². The van der Waals surface area contributed by atoms with Crippen molar-refractivity contribution in [3.63, 3.8) is 0 Å². The van der Waals surface area contributed by atoms with Crippen LogP contribution in [0.5, 0.6) is 0 Å². The van der Waals surface area contributed by atoms with Gasteiger partial charge in [0, 0.05) is 9.79 Å². The van der Waals surface area contributed by atoms with Crippen molar-refractivity contribution in [3.8, 4) is 6.07 Å². The Hall–Kier alpha value is -2.78. The van der Waals surface area contributed by atoms with Crippen molar-refractivity contribution in [1.29, 1.82) is 5.26 Å². The van der Waals surface area contributed by atoms with E-state index in [4.69, 9.17) is 9.84 Å². The third-order valence-corrected chi connectivity index (χ3v) is 4.12. The molecule has 0 aliphatic rings. The maximum absolute atomic E-state index is 11.8. The smallest absolute Gasteiger partial charge is 0.339 e. The van der Waals surface area contributed by atoms with Gasteiger partial charge in [-0.2, -0.15) is 5.26 Å². The average molecular weight is 341 g/mol. The first-order chi connectivity index (χ1) is 11.5. The number of nitriles is 1. The lowest BCUT2D eigenvalue weighted by Gasteiger charge is -2.07. The zero-order chi connectivity index (χ0) is 17.5. The molecule has 0 aliphatic carbocycles. The molecule has 0 amide bonds. The molecule has 0 fully saturated rings. The lowest BCUT2D eigenvalue weighted by atomic mass is 10.1. The molecule has 0 aliphatic heterocycles. The van der Waals surface area contributed by atoms with Crippen molar-refractivity contribution >= 4 is 23.7 Å². The fraction of sp³-hybridized carbons (Fsp3) is 0.167. The highest BCUT2D eigenvalue weighted by Crippen LogP contribution is 2.29. The molecule has 6 heteroatoms. The number of ether oxygens (including phenoxy) is 1. The highest BCUT2D eigenvalue weighted by molar-refractivity contribution is 7.99. The van der Waals surface area contributed by atoms with E-state index in [1.54, 1.807) is 37.3 Å². The van der Waals surface area contributed by atoms with Gasteiger partial charge in [-0.15, -0.1) is 0 Å². The highest BCUT2D eigenvalue weighted by atomic mass is 32.2. The van der Waals surface area contributed by atoms with Gasteiger partial charge in [-0.3, -0.25) is 4.79 Å². The Morgan fingerprint density at radius 2 is 1.83 bits per heavy atom. The molecule has 2 rings (SSSR count). The van der Waals surface area contributed by atoms with Gasteiger partial charge in [0.15, 0.2) is 0 Å². The second kappa shape index (κ2) is 8.18. The zero-order valence-corrected chi connectivity index (χ0v) is 13.8. The van der Waals surface area contributed by atoms with Crippen LogP contribution in [0.3, 0.4) is 0 Å². The van der Waals surface area contributed by atoms with Crippen LogP contribution in [0, 0.1) is 11.3 Å². The van der Waals surface area contributed by atoms with Crippen LogP contribution in [0.1, 0.15) is 28.4 Å². The van der Waals surface area contributed by atoms with E-state index in [9.17, 15) is 14.9 Å². The van der Waals surface area contributed by atoms with Gasteiger partial charge in [0.2, 0.25) is 0 Å². The minimum absolute atomic E-state index is 0.0161. The molecule has 0 saturated heterocycles. The normalized spacial score (nSPS) is 10.0. The van der Waals surface area contributed by atoms with E-state index in [2.05, 4.69) is 0 Å². The summed E-state index contributed by atoms with van der Waals surface area (Å²) >= 11 is 1.43. The van der Waals surface area contributed by atoms with Crippen LogP contribution in [0.25, 0.3) is 0 Å². The molecular weight excluding hydrogens is 326 g/mol. The standard InChI is InChI=1S/C18H15NO4S/c1-2-23-18(22)16-8-7-15(10-13(16)11-19)24-14-5-3-12(4-6-14)9-17(20)21/h3-8,10H,2,9H2,1H3,(H,20,21). The van der Waals surface area contributed by atoms with E-state index < -0.39 is 11.9 Å². The number of hydrogen-bond acceptors (Lipinski definition) is 5. The molecule has 0 unspecified atom stereocenters. The molecule has 0 spiro atoms. The van der Waals surface area contributed by atoms with Crippen LogP contribution >= 0.6 is 11.8 Å². The first-order valence-corrected chi connectivity index (χ1v) is 8.05. The molecule has 2 aromatic carbocycles. The molecule has 1 N–H and O–H groups in total. The van der Waals surface area contributed by atoms with Crippen LogP contribution in [0.15, 0.2) is 52.3 Å². The Balaban J connectivity index is 2.17. The number of rotatable bonds is 6. The molecule has 0 heterocycles. The Kier molecular flexibility index (Phi) is 5.99. The van der Waals surface area contributed by atoms with Gasteiger partial charge in [-0.25, -0.2) is 4.79 Å². The number of esters is 1. The van der Waals surface area contributed by atoms with Crippen LogP contribution in [0.2, 0.25) is 0 Å². The van der Waals surface area contributed by atoms with E-state index in [-0.39, 0.29) is 24.2 Å². The van der Waals surface area contributed by atoms with Crippen molar-refractivity contribution in [2.45, 2.75) is 23.1 Å². The SMILES string of the molecule is CCOC(=O)c1ccc(Sc2ccc(CC(=O)O)cc2)cc1C#N. The number of carboxylic acids is 1. The molecular formula is C18H15NO4S. The van der Waals surface area contributed by atoms with Gasteiger partial charge < -0.3 is 9.84 Å². The van der Waals surface area contributed by atoms with E-state index in [0.29, 0.717) is 0 Å². The summed E-state index contributed by atoms with van der Waals surface area (Å²) in [7, 11) is 0. The van der Waals surface area contributed by atoms with Gasteiger partial charge >= 0.3 is 11.9 Å². The second-order valence-electron chi connectivity index (χ2n) is 4.86. The Morgan fingerprint density at radius 3 is 2.42 bits per heavy atom. The maximum atomic E-state index is 11.8. The number of aliphatic carboxylic acids is 1. The van der Waals surface area contributed by atoms with Crippen LogP contribution in [0.4, 0.5) is 0 Å². The largest absolute Gasteiger partial charge is 0.481 e. The van der Waals surface area contributed by atoms with E-state index in [1.807, 2.05) is 18.2 Å². The summed E-state index contributed by atoms with van der Waals surface area (Å²) in [4.78, 5) is 24.2. The third kappa shape index (κ3) is 4.61. The fourth-order valence-electron chi connectivity index (χ4n) is 2.05. The molecule has 0 radical (unpaired) electrons. The van der Waals surface area contributed by atoms with E-state index >= 15 is 0 Å². The lowest BCUT2D eigenvalue weighted by Crippen LogP contribution is -2.06. The fourth-order valence-corrected chi connectivity index (χ4v) is 2.91. The van der Waals surface area contributed by atoms with Crippen molar-refractivity contribution in [2.24, 2.45) is 0 Å². The Morgan fingerprint density at radius 1 is 1.17 bits per heavy atom. The molecule has 2 aromatic rings. The molecule has 0 bridgehead atoms. The molecule has 122 valence electrons. The summed E-state index contributed by atoms with van der Waals surface area (Å²) in [5.41, 5.74) is 1.24. The quantitative estimate of drug-likeness (QED) is 0.809. The first kappa shape index (κ1) is 17.6. The van der Waals surface area contributed by atoms with Gasteiger partial charge in [0.05, 0.1) is 24.2 Å². The second-order valence-corrected chi connectivity index (χ2v) is 6.00. The first-order valence-electron chi connectivity index (χ1n) is 7.23. The summed E-state index contributed by atoms with van der Waals surface area (Å²) in [5, 5.41) is 18.0. The maximum Gasteiger partial charge on any atom is 0.339 e. The van der Waals surface area contributed by atoms with Crippen LogP contribution in [-0.2, 0) is 16.0 Å². The van der Waals surface area contributed by atoms with Gasteiger partial charge in [-0.05, 0) is 42.8 Å². The highest BCUT2D eigenvalue weighted by Gasteiger charge is 2.13. The summed E-state index contributed by atoms with van der Waals surface area (Å²) in [6, 6.07) is 14.2. The number of benzene rings is 2. The van der Waals surface area contributed by atoms with Gasteiger partial charge in [0.1, 0.15) is 6.07 Å². The summed E-state index contributed by atoms with van der Waals surface area (Å²) in [6.45, 7) is 1.96. The molecule has 0 aromatic heterocycles. The van der Waals surface area contributed by atoms with Crippen LogP contribution in [-0.4, -0.2) is 23.7 Å². The summed E-state index contributed by atoms with van der Waals surface area (Å²) in [5.74, 6) is -1.38. The summed E-state index contributed by atoms with van der Waals surface area (Å²) in [6.07, 6.45) is -0.0161. The van der Waals surface area contributed by atoms with E-state index in [1.165, 1.54) is 11.8 Å². The average Bonchev–Trinajstić information content (AvgIpc) is 2.56. The molecule has 24 heavy (non-hydrogen) atoms. The number of hydrogen-bond donors (Lipinski definition) is 1. The van der Waals surface area contributed by atoms with Crippen molar-refractivity contribution in [3.05, 3.63) is 59.2 Å². The monoisotopic (exact) mass is 341 g/mol. The molecule has 0 atom stereocenters. The van der Waals surface area contributed by atoms with E-state index in [0.717, 1.165) is 15.4 Å². The number of carbonyl (C=O) groups is 2. The lowest BCUT2D eigenvalue weighted by molar-refractivity contribution is -0.136. The van der Waals surface area contributed by atoms with Crippen molar-refractivity contribution < 1.29 is 19.4 Å². The zero-order valence-electron chi connectivity index (χ0n) is 13.0. The molecule has 5 nitrogen and oxygen atoms in total. The number of nitrogens with zero attached hydrogens (tertiary/aromatic N) is 1. The van der Waals surface area contributed by atoms with Crippen molar-refractivity contribution in [2.75, 3.05) is 6.61 Å². The summed E-state index contributed by atoms with van der Waals surface area (Å²) < 4.78 is 4.93. The van der Waals surface area contributed by atoms with Gasteiger partial charge in [-0.1, -0.05) is 23.9 Å².